The number of piperidine rings is 1. The van der Waals surface area contributed by atoms with E-state index in [1.807, 2.05) is 29.2 Å². The smallest absolute Gasteiger partial charge is 0.321 e. The highest BCUT2D eigenvalue weighted by Gasteiger charge is 2.23. The average Bonchev–Trinajstić information content (AvgIpc) is 2.54. The maximum Gasteiger partial charge on any atom is 0.321 e. The van der Waals surface area contributed by atoms with Crippen LogP contribution in [0.2, 0.25) is 0 Å². The van der Waals surface area contributed by atoms with E-state index in [0.29, 0.717) is 6.04 Å². The van der Waals surface area contributed by atoms with Crippen molar-refractivity contribution >= 4 is 11.7 Å². The van der Waals surface area contributed by atoms with E-state index in [2.05, 4.69) is 17.6 Å². The fourth-order valence-electron chi connectivity index (χ4n) is 2.55. The second-order valence-corrected chi connectivity index (χ2v) is 5.40. The topological polar surface area (TPSA) is 53.6 Å². The number of carbonyl (C=O) groups is 1. The number of likely N-dealkylation sites (tertiary alicyclic amines) is 1. The summed E-state index contributed by atoms with van der Waals surface area (Å²) in [7, 11) is 1.63. The molecule has 1 fully saturated rings. The molecule has 0 aromatic heterocycles. The molecule has 0 aliphatic carbocycles. The third kappa shape index (κ3) is 4.63. The second kappa shape index (κ2) is 7.88. The van der Waals surface area contributed by atoms with Crippen LogP contribution in [0.5, 0.6) is 5.75 Å². The van der Waals surface area contributed by atoms with Crippen molar-refractivity contribution in [2.24, 2.45) is 0 Å². The zero-order valence-electron chi connectivity index (χ0n) is 12.9. The van der Waals surface area contributed by atoms with E-state index < -0.39 is 0 Å². The number of anilines is 1. The average molecular weight is 291 g/mol. The third-order valence-corrected chi connectivity index (χ3v) is 3.73. The third-order valence-electron chi connectivity index (χ3n) is 3.73. The molecule has 1 aliphatic rings. The van der Waals surface area contributed by atoms with E-state index >= 15 is 0 Å². The summed E-state index contributed by atoms with van der Waals surface area (Å²) in [5, 5.41) is 6.44. The number of urea groups is 1. The lowest BCUT2D eigenvalue weighted by Gasteiger charge is -2.33. The fraction of sp³-hybridized carbons (Fsp3) is 0.562. The molecule has 1 heterocycles. The molecular weight excluding hydrogens is 266 g/mol. The van der Waals surface area contributed by atoms with Crippen LogP contribution in [0, 0.1) is 0 Å². The number of amides is 2. The van der Waals surface area contributed by atoms with E-state index in [4.69, 9.17) is 4.74 Å². The summed E-state index contributed by atoms with van der Waals surface area (Å²) >= 11 is 0. The van der Waals surface area contributed by atoms with Crippen LogP contribution < -0.4 is 15.4 Å². The zero-order valence-corrected chi connectivity index (χ0v) is 12.9. The molecule has 5 nitrogen and oxygen atoms in total. The Kier molecular flexibility index (Phi) is 5.87. The monoisotopic (exact) mass is 291 g/mol. The van der Waals surface area contributed by atoms with Gasteiger partial charge in [0.2, 0.25) is 0 Å². The van der Waals surface area contributed by atoms with E-state index in [0.717, 1.165) is 50.3 Å². The largest absolute Gasteiger partial charge is 0.497 e. The molecule has 1 aliphatic heterocycles. The van der Waals surface area contributed by atoms with Crippen molar-refractivity contribution in [1.29, 1.82) is 0 Å². The number of hydrogen-bond acceptors (Lipinski definition) is 3. The summed E-state index contributed by atoms with van der Waals surface area (Å²) in [5.74, 6) is 0.787. The number of methoxy groups -OCH3 is 1. The molecular formula is C16H25N3O2. The first-order valence-corrected chi connectivity index (χ1v) is 7.66. The summed E-state index contributed by atoms with van der Waals surface area (Å²) in [6, 6.07) is 7.79. The van der Waals surface area contributed by atoms with Gasteiger partial charge in [0.05, 0.1) is 7.11 Å². The number of hydrogen-bond donors (Lipinski definition) is 2. The Balaban J connectivity index is 1.86. The van der Waals surface area contributed by atoms with E-state index in [9.17, 15) is 4.79 Å². The molecule has 1 atom stereocenters. The summed E-state index contributed by atoms with van der Waals surface area (Å²) in [6.07, 6.45) is 3.32. The quantitative estimate of drug-likeness (QED) is 0.877. The normalized spacial score (nSPS) is 18.4. The zero-order chi connectivity index (χ0) is 15.1. The molecule has 116 valence electrons. The van der Waals surface area contributed by atoms with Gasteiger partial charge in [-0.15, -0.1) is 0 Å². The van der Waals surface area contributed by atoms with Crippen molar-refractivity contribution in [2.45, 2.75) is 32.2 Å². The molecule has 1 aromatic rings. The Hall–Kier alpha value is -1.75. The van der Waals surface area contributed by atoms with Crippen LogP contribution >= 0.6 is 0 Å². The molecule has 0 bridgehead atoms. The van der Waals surface area contributed by atoms with Crippen LogP contribution in [0.25, 0.3) is 0 Å². The number of benzene rings is 1. The Labute approximate surface area is 126 Å². The van der Waals surface area contributed by atoms with Crippen LogP contribution in [0.1, 0.15) is 26.2 Å². The van der Waals surface area contributed by atoms with Gasteiger partial charge in [-0.2, -0.15) is 0 Å². The minimum atomic E-state index is -0.0248. The first kappa shape index (κ1) is 15.6. The minimum absolute atomic E-state index is 0.0248. The van der Waals surface area contributed by atoms with Crippen LogP contribution in [0.3, 0.4) is 0 Å². The minimum Gasteiger partial charge on any atom is -0.497 e. The predicted molar refractivity (Wildman–Crippen MR) is 84.9 cm³/mol. The highest BCUT2D eigenvalue weighted by Crippen LogP contribution is 2.17. The highest BCUT2D eigenvalue weighted by molar-refractivity contribution is 5.89. The molecule has 0 spiro atoms. The molecule has 0 radical (unpaired) electrons. The lowest BCUT2D eigenvalue weighted by molar-refractivity contribution is 0.185. The van der Waals surface area contributed by atoms with Crippen molar-refractivity contribution in [1.82, 2.24) is 10.2 Å². The van der Waals surface area contributed by atoms with Gasteiger partial charge in [0.1, 0.15) is 5.75 Å². The maximum atomic E-state index is 12.3. The summed E-state index contributed by atoms with van der Waals surface area (Å²) in [4.78, 5) is 14.2. The Morgan fingerprint density at radius 1 is 1.38 bits per heavy atom. The first-order chi connectivity index (χ1) is 10.2. The Morgan fingerprint density at radius 3 is 2.81 bits per heavy atom. The van der Waals surface area contributed by atoms with Crippen molar-refractivity contribution in [3.63, 3.8) is 0 Å². The number of nitrogens with zero attached hydrogens (tertiary/aromatic N) is 1. The van der Waals surface area contributed by atoms with Gasteiger partial charge in [-0.05, 0) is 50.1 Å². The van der Waals surface area contributed by atoms with Crippen molar-refractivity contribution in [3.8, 4) is 5.75 Å². The highest BCUT2D eigenvalue weighted by atomic mass is 16.5. The Bertz CT molecular complexity index is 447. The number of nitrogens with one attached hydrogen (secondary N) is 2. The standard InChI is InChI=1S/C16H25N3O2/c1-3-10-17-14-5-4-11-19(12-14)16(20)18-13-6-8-15(21-2)9-7-13/h6-9,14,17H,3-5,10-12H2,1-2H3,(H,18,20). The molecule has 1 saturated heterocycles. The van der Waals surface area contributed by atoms with Gasteiger partial charge in [-0.3, -0.25) is 0 Å². The summed E-state index contributed by atoms with van der Waals surface area (Å²) in [6.45, 7) is 4.77. The Morgan fingerprint density at radius 2 is 2.14 bits per heavy atom. The number of ether oxygens (including phenoxy) is 1. The molecule has 21 heavy (non-hydrogen) atoms. The van der Waals surface area contributed by atoms with Crippen molar-refractivity contribution in [2.75, 3.05) is 32.1 Å². The molecule has 2 rings (SSSR count). The van der Waals surface area contributed by atoms with Gasteiger partial charge < -0.3 is 20.3 Å². The van der Waals surface area contributed by atoms with Crippen molar-refractivity contribution in [3.05, 3.63) is 24.3 Å². The lowest BCUT2D eigenvalue weighted by atomic mass is 10.1. The fourth-order valence-corrected chi connectivity index (χ4v) is 2.55. The predicted octanol–water partition coefficient (Wildman–Crippen LogP) is 2.69. The van der Waals surface area contributed by atoms with Gasteiger partial charge in [-0.1, -0.05) is 6.92 Å². The first-order valence-electron chi connectivity index (χ1n) is 7.66. The second-order valence-electron chi connectivity index (χ2n) is 5.40. The van der Waals surface area contributed by atoms with Crippen LogP contribution in [-0.2, 0) is 0 Å². The maximum absolute atomic E-state index is 12.3. The molecule has 2 amide bonds. The summed E-state index contributed by atoms with van der Waals surface area (Å²) in [5.41, 5.74) is 0.796. The molecule has 0 saturated carbocycles. The molecule has 2 N–H and O–H groups in total. The van der Waals surface area contributed by atoms with Crippen LogP contribution in [0.4, 0.5) is 10.5 Å². The van der Waals surface area contributed by atoms with E-state index in [1.54, 1.807) is 7.11 Å². The van der Waals surface area contributed by atoms with Gasteiger partial charge >= 0.3 is 6.03 Å². The molecule has 1 aromatic carbocycles. The molecule has 5 heteroatoms. The van der Waals surface area contributed by atoms with Gasteiger partial charge in [-0.25, -0.2) is 4.79 Å². The summed E-state index contributed by atoms with van der Waals surface area (Å²) < 4.78 is 5.11. The molecule has 1 unspecified atom stereocenters. The van der Waals surface area contributed by atoms with Crippen LogP contribution in [0.15, 0.2) is 24.3 Å². The van der Waals surface area contributed by atoms with Gasteiger partial charge in [0.25, 0.3) is 0 Å². The van der Waals surface area contributed by atoms with Gasteiger partial charge in [0, 0.05) is 24.8 Å². The number of carbonyl (C=O) groups excluding carboxylic acids is 1. The van der Waals surface area contributed by atoms with E-state index in [-0.39, 0.29) is 6.03 Å². The van der Waals surface area contributed by atoms with E-state index in [1.165, 1.54) is 0 Å². The number of rotatable bonds is 5. The van der Waals surface area contributed by atoms with Gasteiger partial charge in [0.15, 0.2) is 0 Å². The SMILES string of the molecule is CCCNC1CCCN(C(=O)Nc2ccc(OC)cc2)C1. The van der Waals surface area contributed by atoms with Crippen molar-refractivity contribution < 1.29 is 9.53 Å². The lowest BCUT2D eigenvalue weighted by Crippen LogP contribution is -2.49. The van der Waals surface area contributed by atoms with Crippen LogP contribution in [-0.4, -0.2) is 43.7 Å².